The molecule has 0 aromatic heterocycles. The fraction of sp³-hybridized carbons (Fsp3) is 0.385. The van der Waals surface area contributed by atoms with Gasteiger partial charge in [-0.3, -0.25) is 4.79 Å². The van der Waals surface area contributed by atoms with Gasteiger partial charge in [0.2, 0.25) is 0 Å². The molecule has 1 rings (SSSR count). The molecule has 0 fully saturated rings. The first-order chi connectivity index (χ1) is 8.90. The molecule has 0 heterocycles. The van der Waals surface area contributed by atoms with E-state index < -0.39 is 5.97 Å². The van der Waals surface area contributed by atoms with Gasteiger partial charge in [-0.15, -0.1) is 0 Å². The Morgan fingerprint density at radius 2 is 1.74 bits per heavy atom. The summed E-state index contributed by atoms with van der Waals surface area (Å²) in [6, 6.07) is 7.02. The zero-order chi connectivity index (χ0) is 14.4. The van der Waals surface area contributed by atoms with Crippen molar-refractivity contribution >= 4 is 23.6 Å². The first-order valence-corrected chi connectivity index (χ1v) is 6.20. The largest absolute Gasteiger partial charge is 0.481 e. The Kier molecular flexibility index (Phi) is 5.63. The van der Waals surface area contributed by atoms with Crippen LogP contribution in [0.3, 0.4) is 0 Å². The van der Waals surface area contributed by atoms with Gasteiger partial charge in [0.15, 0.2) is 0 Å². The van der Waals surface area contributed by atoms with Crippen LogP contribution in [-0.2, 0) is 11.3 Å². The average Bonchev–Trinajstić information content (AvgIpc) is 2.37. The van der Waals surface area contributed by atoms with E-state index in [2.05, 4.69) is 0 Å². The van der Waals surface area contributed by atoms with E-state index in [9.17, 15) is 9.59 Å². The summed E-state index contributed by atoms with van der Waals surface area (Å²) in [6.07, 6.45) is -0.0585. The van der Waals surface area contributed by atoms with Gasteiger partial charge in [-0.1, -0.05) is 23.7 Å². The smallest absolute Gasteiger partial charge is 0.319 e. The molecule has 0 aliphatic carbocycles. The second-order valence-electron chi connectivity index (χ2n) is 4.33. The summed E-state index contributed by atoms with van der Waals surface area (Å²) in [5.74, 6) is -0.917. The number of hydrogen-bond acceptors (Lipinski definition) is 2. The molecular weight excluding hydrogens is 268 g/mol. The van der Waals surface area contributed by atoms with E-state index in [4.69, 9.17) is 16.7 Å². The third-order valence-electron chi connectivity index (χ3n) is 2.65. The van der Waals surface area contributed by atoms with E-state index >= 15 is 0 Å². The van der Waals surface area contributed by atoms with Crippen LogP contribution in [-0.4, -0.2) is 47.5 Å². The van der Waals surface area contributed by atoms with Crippen LogP contribution in [0.2, 0.25) is 5.02 Å². The Labute approximate surface area is 117 Å². The molecule has 0 unspecified atom stereocenters. The number of carbonyl (C=O) groups is 2. The van der Waals surface area contributed by atoms with E-state index in [1.807, 2.05) is 12.1 Å². The van der Waals surface area contributed by atoms with Gasteiger partial charge in [0.05, 0.1) is 6.42 Å². The molecule has 2 amide bonds. The third kappa shape index (κ3) is 5.18. The summed E-state index contributed by atoms with van der Waals surface area (Å²) in [6.45, 7) is 0.645. The Morgan fingerprint density at radius 1 is 1.16 bits per heavy atom. The number of carboxylic acid groups (broad SMARTS) is 1. The molecule has 1 aromatic rings. The first kappa shape index (κ1) is 15.3. The highest BCUT2D eigenvalue weighted by atomic mass is 35.5. The van der Waals surface area contributed by atoms with E-state index in [1.165, 1.54) is 9.80 Å². The molecule has 1 aromatic carbocycles. The lowest BCUT2D eigenvalue weighted by atomic mass is 10.2. The maximum Gasteiger partial charge on any atom is 0.319 e. The number of amides is 2. The Bertz CT molecular complexity index is 448. The van der Waals surface area contributed by atoms with Crippen molar-refractivity contribution < 1.29 is 14.7 Å². The first-order valence-electron chi connectivity index (χ1n) is 5.82. The average molecular weight is 285 g/mol. The maximum atomic E-state index is 12.0. The van der Waals surface area contributed by atoms with Crippen LogP contribution in [0.1, 0.15) is 12.0 Å². The third-order valence-corrected chi connectivity index (χ3v) is 2.90. The summed E-state index contributed by atoms with van der Waals surface area (Å²) in [5.41, 5.74) is 0.965. The van der Waals surface area contributed by atoms with Crippen molar-refractivity contribution in [1.82, 2.24) is 9.80 Å². The molecule has 0 saturated carbocycles. The zero-order valence-electron chi connectivity index (χ0n) is 11.0. The van der Waals surface area contributed by atoms with Crippen LogP contribution in [0, 0.1) is 0 Å². The topological polar surface area (TPSA) is 60.9 Å². The van der Waals surface area contributed by atoms with Crippen LogP contribution in [0.4, 0.5) is 4.79 Å². The molecule has 1 N–H and O–H groups in total. The minimum absolute atomic E-state index is 0.0585. The predicted molar refractivity (Wildman–Crippen MR) is 73.2 cm³/mol. The Morgan fingerprint density at radius 3 is 2.26 bits per heavy atom. The number of halogens is 1. The number of urea groups is 1. The minimum atomic E-state index is -0.917. The molecule has 0 aliphatic rings. The van der Waals surface area contributed by atoms with Crippen molar-refractivity contribution in [3.05, 3.63) is 34.9 Å². The van der Waals surface area contributed by atoms with Crippen LogP contribution in [0.5, 0.6) is 0 Å². The molecule has 104 valence electrons. The normalized spacial score (nSPS) is 10.1. The van der Waals surface area contributed by atoms with Gasteiger partial charge in [-0.25, -0.2) is 4.79 Å². The SMILES string of the molecule is CN(CCC(=O)O)C(=O)N(C)Cc1ccc(Cl)cc1. The number of rotatable bonds is 5. The van der Waals surface area contributed by atoms with Crippen molar-refractivity contribution in [3.8, 4) is 0 Å². The summed E-state index contributed by atoms with van der Waals surface area (Å²) < 4.78 is 0. The highest BCUT2D eigenvalue weighted by Gasteiger charge is 2.15. The second-order valence-corrected chi connectivity index (χ2v) is 4.77. The van der Waals surface area contributed by atoms with Crippen molar-refractivity contribution in [2.75, 3.05) is 20.6 Å². The molecule has 19 heavy (non-hydrogen) atoms. The summed E-state index contributed by atoms with van der Waals surface area (Å²) in [4.78, 5) is 25.3. The van der Waals surface area contributed by atoms with E-state index in [1.54, 1.807) is 26.2 Å². The van der Waals surface area contributed by atoms with Gasteiger partial charge in [0.25, 0.3) is 0 Å². The van der Waals surface area contributed by atoms with Crippen molar-refractivity contribution in [3.63, 3.8) is 0 Å². The van der Waals surface area contributed by atoms with Crippen LogP contribution >= 0.6 is 11.6 Å². The fourth-order valence-corrected chi connectivity index (χ4v) is 1.71. The molecule has 0 saturated heterocycles. The fourth-order valence-electron chi connectivity index (χ4n) is 1.58. The minimum Gasteiger partial charge on any atom is -0.481 e. The highest BCUT2D eigenvalue weighted by molar-refractivity contribution is 6.30. The quantitative estimate of drug-likeness (QED) is 0.902. The highest BCUT2D eigenvalue weighted by Crippen LogP contribution is 2.11. The molecule has 6 heteroatoms. The van der Waals surface area contributed by atoms with E-state index in [0.717, 1.165) is 5.56 Å². The lowest BCUT2D eigenvalue weighted by Crippen LogP contribution is -2.39. The summed E-state index contributed by atoms with van der Waals surface area (Å²) in [5, 5.41) is 9.23. The van der Waals surface area contributed by atoms with Gasteiger partial charge in [0, 0.05) is 32.2 Å². The molecule has 0 atom stereocenters. The number of aliphatic carboxylic acids is 1. The Balaban J connectivity index is 2.52. The number of carboxylic acids is 1. The van der Waals surface area contributed by atoms with Gasteiger partial charge < -0.3 is 14.9 Å². The van der Waals surface area contributed by atoms with Gasteiger partial charge in [0.1, 0.15) is 0 Å². The van der Waals surface area contributed by atoms with E-state index in [-0.39, 0.29) is 19.0 Å². The van der Waals surface area contributed by atoms with Crippen molar-refractivity contribution in [2.45, 2.75) is 13.0 Å². The van der Waals surface area contributed by atoms with E-state index in [0.29, 0.717) is 11.6 Å². The predicted octanol–water partition coefficient (Wildman–Crippen LogP) is 2.30. The van der Waals surface area contributed by atoms with Gasteiger partial charge in [-0.05, 0) is 17.7 Å². The van der Waals surface area contributed by atoms with Crippen molar-refractivity contribution in [2.24, 2.45) is 0 Å². The zero-order valence-corrected chi connectivity index (χ0v) is 11.7. The number of hydrogen-bond donors (Lipinski definition) is 1. The molecule has 0 radical (unpaired) electrons. The van der Waals surface area contributed by atoms with Crippen LogP contribution < -0.4 is 0 Å². The molecule has 0 aliphatic heterocycles. The molecule has 0 bridgehead atoms. The monoisotopic (exact) mass is 284 g/mol. The summed E-state index contributed by atoms with van der Waals surface area (Å²) >= 11 is 5.79. The maximum absolute atomic E-state index is 12.0. The van der Waals surface area contributed by atoms with Crippen LogP contribution in [0.25, 0.3) is 0 Å². The summed E-state index contributed by atoms with van der Waals surface area (Å²) in [7, 11) is 3.26. The molecule has 5 nitrogen and oxygen atoms in total. The standard InChI is InChI=1S/C13H17ClN2O3/c1-15(8-7-12(17)18)13(19)16(2)9-10-3-5-11(14)6-4-10/h3-6H,7-9H2,1-2H3,(H,17,18). The number of carbonyl (C=O) groups excluding carboxylic acids is 1. The Hall–Kier alpha value is -1.75. The van der Waals surface area contributed by atoms with Gasteiger partial charge >= 0.3 is 12.0 Å². The molecule has 0 spiro atoms. The van der Waals surface area contributed by atoms with Crippen LogP contribution in [0.15, 0.2) is 24.3 Å². The lowest BCUT2D eigenvalue weighted by Gasteiger charge is -2.24. The number of nitrogens with zero attached hydrogens (tertiary/aromatic N) is 2. The number of benzene rings is 1. The van der Waals surface area contributed by atoms with Gasteiger partial charge in [-0.2, -0.15) is 0 Å². The van der Waals surface area contributed by atoms with Crippen molar-refractivity contribution in [1.29, 1.82) is 0 Å². The molecular formula is C13H17ClN2O3. The second kappa shape index (κ2) is 6.99. The lowest BCUT2D eigenvalue weighted by molar-refractivity contribution is -0.137.